The Kier molecular flexibility index (Phi) is 3.79. The van der Waals surface area contributed by atoms with Crippen molar-refractivity contribution in [2.75, 3.05) is 13.1 Å². The van der Waals surface area contributed by atoms with Gasteiger partial charge in [0, 0.05) is 13.1 Å². The van der Waals surface area contributed by atoms with E-state index in [1.807, 2.05) is 17.0 Å². The first-order chi connectivity index (χ1) is 9.25. The van der Waals surface area contributed by atoms with Crippen LogP contribution in [0.1, 0.15) is 54.5 Å². The van der Waals surface area contributed by atoms with Crippen molar-refractivity contribution in [3.8, 4) is 0 Å². The largest absolute Gasteiger partial charge is 0.341 e. The molecule has 3 rings (SSSR count). The zero-order valence-corrected chi connectivity index (χ0v) is 11.9. The molecule has 1 heterocycles. The number of hydrogen-bond donors (Lipinski definition) is 0. The van der Waals surface area contributed by atoms with Gasteiger partial charge in [0.1, 0.15) is 5.38 Å². The summed E-state index contributed by atoms with van der Waals surface area (Å²) in [5, 5.41) is -0.517. The Balaban J connectivity index is 1.72. The van der Waals surface area contributed by atoms with Gasteiger partial charge in [-0.1, -0.05) is 24.3 Å². The van der Waals surface area contributed by atoms with E-state index < -0.39 is 5.38 Å². The van der Waals surface area contributed by atoms with Gasteiger partial charge in [-0.05, 0) is 49.1 Å². The SMILES string of the molecule is O=C(C(Cl)c1cccc(C2CC2)c1)N1CCCCC1. The molecule has 1 amide bonds. The number of benzene rings is 1. The average Bonchev–Trinajstić information content (AvgIpc) is 3.31. The Labute approximate surface area is 119 Å². The van der Waals surface area contributed by atoms with Crippen LogP contribution in [0.15, 0.2) is 24.3 Å². The number of rotatable bonds is 3. The fraction of sp³-hybridized carbons (Fsp3) is 0.562. The number of nitrogens with zero attached hydrogens (tertiary/aromatic N) is 1. The summed E-state index contributed by atoms with van der Waals surface area (Å²) < 4.78 is 0. The van der Waals surface area contributed by atoms with Crippen LogP contribution >= 0.6 is 11.6 Å². The van der Waals surface area contributed by atoms with Gasteiger partial charge in [0.15, 0.2) is 0 Å². The van der Waals surface area contributed by atoms with E-state index in [4.69, 9.17) is 11.6 Å². The van der Waals surface area contributed by atoms with Gasteiger partial charge in [0.2, 0.25) is 5.91 Å². The monoisotopic (exact) mass is 277 g/mol. The van der Waals surface area contributed by atoms with Crippen LogP contribution < -0.4 is 0 Å². The van der Waals surface area contributed by atoms with Gasteiger partial charge in [0.25, 0.3) is 0 Å². The molecule has 2 fully saturated rings. The van der Waals surface area contributed by atoms with Gasteiger partial charge in [0.05, 0.1) is 0 Å². The average molecular weight is 278 g/mol. The van der Waals surface area contributed by atoms with Gasteiger partial charge < -0.3 is 4.90 Å². The molecule has 102 valence electrons. The van der Waals surface area contributed by atoms with Crippen LogP contribution in [0, 0.1) is 0 Å². The van der Waals surface area contributed by atoms with E-state index >= 15 is 0 Å². The fourth-order valence-electron chi connectivity index (χ4n) is 2.80. The minimum absolute atomic E-state index is 0.0781. The van der Waals surface area contributed by atoms with E-state index in [9.17, 15) is 4.79 Å². The summed E-state index contributed by atoms with van der Waals surface area (Å²) in [6, 6.07) is 8.28. The first-order valence-corrected chi connectivity index (χ1v) is 7.72. The Morgan fingerprint density at radius 3 is 2.63 bits per heavy atom. The molecule has 1 aliphatic carbocycles. The number of halogens is 1. The predicted octanol–water partition coefficient (Wildman–Crippen LogP) is 3.86. The molecule has 1 unspecified atom stereocenters. The van der Waals surface area contributed by atoms with Crippen LogP contribution in [-0.2, 0) is 4.79 Å². The molecule has 0 radical (unpaired) electrons. The molecule has 3 heteroatoms. The highest BCUT2D eigenvalue weighted by atomic mass is 35.5. The van der Waals surface area contributed by atoms with Crippen LogP contribution in [0.3, 0.4) is 0 Å². The molecule has 2 nitrogen and oxygen atoms in total. The van der Waals surface area contributed by atoms with Crippen LogP contribution in [0.25, 0.3) is 0 Å². The van der Waals surface area contributed by atoms with E-state index in [0.29, 0.717) is 5.92 Å². The normalized spacial score (nSPS) is 21.2. The maximum absolute atomic E-state index is 12.4. The lowest BCUT2D eigenvalue weighted by molar-refractivity contribution is -0.131. The summed E-state index contributed by atoms with van der Waals surface area (Å²) in [7, 11) is 0. The third kappa shape index (κ3) is 2.94. The smallest absolute Gasteiger partial charge is 0.245 e. The Hall–Kier alpha value is -1.02. The Morgan fingerprint density at radius 2 is 1.95 bits per heavy atom. The molecular weight excluding hydrogens is 258 g/mol. The quantitative estimate of drug-likeness (QED) is 0.769. The number of carbonyl (C=O) groups is 1. The molecule has 1 aromatic rings. The van der Waals surface area contributed by atoms with Crippen LogP contribution in [0.4, 0.5) is 0 Å². The summed E-state index contributed by atoms with van der Waals surface area (Å²) in [5.41, 5.74) is 2.30. The van der Waals surface area contributed by atoms with E-state index in [1.54, 1.807) is 0 Å². The third-order valence-electron chi connectivity index (χ3n) is 4.14. The Morgan fingerprint density at radius 1 is 1.21 bits per heavy atom. The molecule has 19 heavy (non-hydrogen) atoms. The minimum atomic E-state index is -0.517. The Bertz CT molecular complexity index is 464. The van der Waals surface area contributed by atoms with E-state index in [2.05, 4.69) is 12.1 Å². The lowest BCUT2D eigenvalue weighted by atomic mass is 10.0. The molecule has 0 N–H and O–H groups in total. The molecule has 1 aromatic carbocycles. The predicted molar refractivity (Wildman–Crippen MR) is 77.4 cm³/mol. The second-order valence-electron chi connectivity index (χ2n) is 5.69. The van der Waals surface area contributed by atoms with Crippen molar-refractivity contribution < 1.29 is 4.79 Å². The minimum Gasteiger partial charge on any atom is -0.341 e. The van der Waals surface area contributed by atoms with Gasteiger partial charge in [-0.3, -0.25) is 4.79 Å². The molecule has 1 saturated heterocycles. The molecular formula is C16H20ClNO. The summed E-state index contributed by atoms with van der Waals surface area (Å²) in [4.78, 5) is 14.3. The topological polar surface area (TPSA) is 20.3 Å². The number of amides is 1. The molecule has 2 aliphatic rings. The summed E-state index contributed by atoms with van der Waals surface area (Å²) in [5.74, 6) is 0.781. The van der Waals surface area contributed by atoms with Crippen molar-refractivity contribution in [3.05, 3.63) is 35.4 Å². The van der Waals surface area contributed by atoms with Crippen molar-refractivity contribution in [3.63, 3.8) is 0 Å². The van der Waals surface area contributed by atoms with Gasteiger partial charge >= 0.3 is 0 Å². The number of hydrogen-bond acceptors (Lipinski definition) is 1. The van der Waals surface area contributed by atoms with Crippen LogP contribution in [-0.4, -0.2) is 23.9 Å². The highest BCUT2D eigenvalue weighted by Gasteiger charge is 2.27. The van der Waals surface area contributed by atoms with E-state index in [-0.39, 0.29) is 5.91 Å². The van der Waals surface area contributed by atoms with E-state index in [0.717, 1.165) is 31.5 Å². The van der Waals surface area contributed by atoms with Crippen LogP contribution in [0.2, 0.25) is 0 Å². The number of alkyl halides is 1. The van der Waals surface area contributed by atoms with E-state index in [1.165, 1.54) is 24.8 Å². The van der Waals surface area contributed by atoms with Crippen LogP contribution in [0.5, 0.6) is 0 Å². The highest BCUT2D eigenvalue weighted by molar-refractivity contribution is 6.30. The third-order valence-corrected chi connectivity index (χ3v) is 4.58. The van der Waals surface area contributed by atoms with Gasteiger partial charge in [-0.25, -0.2) is 0 Å². The molecule has 1 aliphatic heterocycles. The maximum atomic E-state index is 12.4. The first-order valence-electron chi connectivity index (χ1n) is 7.28. The molecule has 1 saturated carbocycles. The van der Waals surface area contributed by atoms with Gasteiger partial charge in [-0.15, -0.1) is 11.6 Å². The van der Waals surface area contributed by atoms with Gasteiger partial charge in [-0.2, -0.15) is 0 Å². The lowest BCUT2D eigenvalue weighted by Gasteiger charge is -2.28. The zero-order chi connectivity index (χ0) is 13.2. The first kappa shape index (κ1) is 13.0. The van der Waals surface area contributed by atoms with Crippen molar-refractivity contribution >= 4 is 17.5 Å². The van der Waals surface area contributed by atoms with Crippen molar-refractivity contribution in [1.29, 1.82) is 0 Å². The molecule has 0 aromatic heterocycles. The summed E-state index contributed by atoms with van der Waals surface area (Å²) >= 11 is 6.40. The maximum Gasteiger partial charge on any atom is 0.245 e. The molecule has 0 spiro atoms. The summed E-state index contributed by atoms with van der Waals surface area (Å²) in [6.07, 6.45) is 6.00. The van der Waals surface area contributed by atoms with Crippen molar-refractivity contribution in [1.82, 2.24) is 4.90 Å². The number of carbonyl (C=O) groups excluding carboxylic acids is 1. The van der Waals surface area contributed by atoms with Crippen molar-refractivity contribution in [2.24, 2.45) is 0 Å². The summed E-state index contributed by atoms with van der Waals surface area (Å²) in [6.45, 7) is 1.73. The zero-order valence-electron chi connectivity index (χ0n) is 11.1. The van der Waals surface area contributed by atoms with Crippen molar-refractivity contribution in [2.45, 2.75) is 43.4 Å². The standard InChI is InChI=1S/C16H20ClNO/c17-15(16(19)18-9-2-1-3-10-18)14-6-4-5-13(11-14)12-7-8-12/h4-6,11-12,15H,1-3,7-10H2. The lowest BCUT2D eigenvalue weighted by Crippen LogP contribution is -2.37. The highest BCUT2D eigenvalue weighted by Crippen LogP contribution is 2.41. The number of likely N-dealkylation sites (tertiary alicyclic amines) is 1. The second kappa shape index (κ2) is 5.54. The molecule has 1 atom stereocenters. The molecule has 0 bridgehead atoms. The number of piperidine rings is 1. The fourth-order valence-corrected chi connectivity index (χ4v) is 3.08. The second-order valence-corrected chi connectivity index (χ2v) is 6.13.